The summed E-state index contributed by atoms with van der Waals surface area (Å²) in [4.78, 5) is 11.3. The molecule has 0 aliphatic heterocycles. The highest BCUT2D eigenvalue weighted by Crippen LogP contribution is 2.28. The van der Waals surface area contributed by atoms with Crippen LogP contribution in [0.25, 0.3) is 0 Å². The van der Waals surface area contributed by atoms with Gasteiger partial charge in [-0.15, -0.1) is 0 Å². The smallest absolute Gasteiger partial charge is 0.161 e. The van der Waals surface area contributed by atoms with Gasteiger partial charge in [0.2, 0.25) is 0 Å². The second-order valence-electron chi connectivity index (χ2n) is 5.99. The Morgan fingerprint density at radius 3 is 2.04 bits per heavy atom. The van der Waals surface area contributed by atoms with E-state index < -0.39 is 0 Å². The highest BCUT2D eigenvalue weighted by atomic mass is 16.5. The van der Waals surface area contributed by atoms with E-state index in [-0.39, 0.29) is 5.78 Å². The van der Waals surface area contributed by atoms with Crippen LogP contribution in [0.15, 0.2) is 42.5 Å². The maximum atomic E-state index is 11.3. The molecule has 0 saturated carbocycles. The topological polar surface area (TPSA) is 44.8 Å². The maximum absolute atomic E-state index is 11.3. The first-order chi connectivity index (χ1) is 13.5. The number of Topliss-reactive ketones (excluding diaryl/α,β-unsaturated/α-hetero) is 1. The lowest BCUT2D eigenvalue weighted by Crippen LogP contribution is -2.01. The summed E-state index contributed by atoms with van der Waals surface area (Å²) in [5.41, 5.74) is 1.91. The van der Waals surface area contributed by atoms with Crippen molar-refractivity contribution in [2.45, 2.75) is 53.9 Å². The highest BCUT2D eigenvalue weighted by molar-refractivity contribution is 5.94. The Morgan fingerprint density at radius 1 is 0.893 bits per heavy atom. The summed E-state index contributed by atoms with van der Waals surface area (Å²) < 4.78 is 15.8. The van der Waals surface area contributed by atoms with Gasteiger partial charge in [0.1, 0.15) is 5.75 Å². The molecule has 0 saturated heterocycles. The van der Waals surface area contributed by atoms with E-state index in [1.165, 1.54) is 5.56 Å². The first-order valence-electron chi connectivity index (χ1n) is 9.94. The van der Waals surface area contributed by atoms with Crippen molar-refractivity contribution in [3.05, 3.63) is 53.6 Å². The van der Waals surface area contributed by atoms with Crippen LogP contribution in [0.1, 0.15) is 62.9 Å². The molecule has 156 valence electrons. The zero-order valence-corrected chi connectivity index (χ0v) is 18.5. The molecule has 2 aromatic rings. The fourth-order valence-electron chi connectivity index (χ4n) is 2.22. The van der Waals surface area contributed by atoms with Crippen LogP contribution in [0.5, 0.6) is 17.2 Å². The largest absolute Gasteiger partial charge is 0.497 e. The molecular formula is C24H36O4. The third kappa shape index (κ3) is 10.0. The minimum absolute atomic E-state index is 0.0334. The molecule has 0 radical (unpaired) electrons. The molecule has 0 bridgehead atoms. The normalized spacial score (nSPS) is 9.25. The van der Waals surface area contributed by atoms with Crippen molar-refractivity contribution in [1.82, 2.24) is 0 Å². The number of hydrogen-bond acceptors (Lipinski definition) is 4. The van der Waals surface area contributed by atoms with Gasteiger partial charge in [-0.2, -0.15) is 0 Å². The van der Waals surface area contributed by atoms with Crippen molar-refractivity contribution >= 4 is 5.78 Å². The number of ether oxygens (including phenoxy) is 3. The first-order valence-corrected chi connectivity index (χ1v) is 9.94. The van der Waals surface area contributed by atoms with Crippen LogP contribution in [-0.4, -0.2) is 26.6 Å². The van der Waals surface area contributed by atoms with Crippen LogP contribution in [0.2, 0.25) is 0 Å². The minimum atomic E-state index is 0.0334. The predicted octanol–water partition coefficient (Wildman–Crippen LogP) is 6.50. The summed E-state index contributed by atoms with van der Waals surface area (Å²) in [5, 5.41) is 0. The Bertz CT molecular complexity index is 663. The lowest BCUT2D eigenvalue weighted by molar-refractivity contribution is 0.101. The second kappa shape index (κ2) is 15.6. The summed E-state index contributed by atoms with van der Waals surface area (Å²) >= 11 is 0. The number of rotatable bonds is 8. The Hall–Kier alpha value is -2.49. The van der Waals surface area contributed by atoms with Gasteiger partial charge in [-0.05, 0) is 50.6 Å². The zero-order valence-electron chi connectivity index (χ0n) is 18.5. The van der Waals surface area contributed by atoms with Crippen LogP contribution in [0.4, 0.5) is 0 Å². The number of carbonyl (C=O) groups excluding carboxylic acids is 1. The van der Waals surface area contributed by atoms with Crippen molar-refractivity contribution < 1.29 is 19.0 Å². The van der Waals surface area contributed by atoms with Gasteiger partial charge in [0.25, 0.3) is 0 Å². The Morgan fingerprint density at radius 2 is 1.54 bits per heavy atom. The standard InChI is InChI=1S/C14H20O3.C8H10O.C2H6/c1-4-5-6-9-17-14-10-12(11(2)15)7-8-13(14)16-3;1-7-3-5-8(9-2)6-4-7;1-2/h7-8,10H,4-6,9H2,1-3H3;3-6H,1-2H3;1-2H3. The number of hydrogen-bond donors (Lipinski definition) is 0. The summed E-state index contributed by atoms with van der Waals surface area (Å²) in [7, 11) is 3.27. The fourth-order valence-corrected chi connectivity index (χ4v) is 2.22. The quantitative estimate of drug-likeness (QED) is 0.382. The maximum Gasteiger partial charge on any atom is 0.161 e. The van der Waals surface area contributed by atoms with E-state index in [4.69, 9.17) is 14.2 Å². The lowest BCUT2D eigenvalue weighted by atomic mass is 10.1. The van der Waals surface area contributed by atoms with E-state index in [0.29, 0.717) is 23.7 Å². The summed E-state index contributed by atoms with van der Waals surface area (Å²) in [6.45, 7) is 10.4. The lowest BCUT2D eigenvalue weighted by Gasteiger charge is -2.11. The molecule has 0 unspecified atom stereocenters. The van der Waals surface area contributed by atoms with Crippen molar-refractivity contribution in [2.75, 3.05) is 20.8 Å². The number of ketones is 1. The van der Waals surface area contributed by atoms with Crippen molar-refractivity contribution in [3.8, 4) is 17.2 Å². The van der Waals surface area contributed by atoms with E-state index in [0.717, 1.165) is 25.0 Å². The van der Waals surface area contributed by atoms with Gasteiger partial charge in [-0.25, -0.2) is 0 Å². The van der Waals surface area contributed by atoms with Gasteiger partial charge in [0.05, 0.1) is 20.8 Å². The summed E-state index contributed by atoms with van der Waals surface area (Å²) in [6, 6.07) is 13.2. The molecule has 2 aromatic carbocycles. The van der Waals surface area contributed by atoms with Gasteiger partial charge in [0.15, 0.2) is 17.3 Å². The van der Waals surface area contributed by atoms with E-state index in [2.05, 4.69) is 13.8 Å². The predicted molar refractivity (Wildman–Crippen MR) is 117 cm³/mol. The molecule has 28 heavy (non-hydrogen) atoms. The van der Waals surface area contributed by atoms with Gasteiger partial charge < -0.3 is 14.2 Å². The van der Waals surface area contributed by atoms with Crippen LogP contribution >= 0.6 is 0 Å². The molecule has 4 heteroatoms. The molecule has 0 aliphatic carbocycles. The molecule has 0 spiro atoms. The van der Waals surface area contributed by atoms with Crippen molar-refractivity contribution in [3.63, 3.8) is 0 Å². The molecule has 0 aliphatic rings. The van der Waals surface area contributed by atoms with Gasteiger partial charge in [-0.1, -0.05) is 51.3 Å². The summed E-state index contributed by atoms with van der Waals surface area (Å²) in [6.07, 6.45) is 3.33. The molecule has 0 aromatic heterocycles. The highest BCUT2D eigenvalue weighted by Gasteiger charge is 2.08. The number of carbonyl (C=O) groups is 1. The number of unbranched alkanes of at least 4 members (excludes halogenated alkanes) is 2. The molecule has 0 fully saturated rings. The first kappa shape index (κ1) is 25.5. The van der Waals surface area contributed by atoms with Crippen molar-refractivity contribution in [1.29, 1.82) is 0 Å². The minimum Gasteiger partial charge on any atom is -0.497 e. The Labute approximate surface area is 170 Å². The molecule has 2 rings (SSSR count). The Kier molecular flexibility index (Phi) is 14.2. The fraction of sp³-hybridized carbons (Fsp3) is 0.458. The van der Waals surface area contributed by atoms with Crippen LogP contribution in [0, 0.1) is 6.92 Å². The third-order valence-corrected chi connectivity index (χ3v) is 3.83. The van der Waals surface area contributed by atoms with Crippen LogP contribution in [0.3, 0.4) is 0 Å². The van der Waals surface area contributed by atoms with Gasteiger partial charge >= 0.3 is 0 Å². The van der Waals surface area contributed by atoms with E-state index in [1.54, 1.807) is 39.3 Å². The van der Waals surface area contributed by atoms with E-state index in [1.807, 2.05) is 38.1 Å². The molecule has 0 atom stereocenters. The molecule has 0 N–H and O–H groups in total. The number of benzene rings is 2. The van der Waals surface area contributed by atoms with Crippen molar-refractivity contribution in [2.24, 2.45) is 0 Å². The molecule has 4 nitrogen and oxygen atoms in total. The van der Waals surface area contributed by atoms with Crippen LogP contribution in [-0.2, 0) is 0 Å². The van der Waals surface area contributed by atoms with Gasteiger partial charge in [0, 0.05) is 5.56 Å². The van der Waals surface area contributed by atoms with Gasteiger partial charge in [-0.3, -0.25) is 4.79 Å². The van der Waals surface area contributed by atoms with Crippen LogP contribution < -0.4 is 14.2 Å². The second-order valence-corrected chi connectivity index (χ2v) is 5.99. The monoisotopic (exact) mass is 388 g/mol. The molecular weight excluding hydrogens is 352 g/mol. The number of methoxy groups -OCH3 is 2. The Balaban J connectivity index is 0.000000556. The molecule has 0 amide bonds. The summed E-state index contributed by atoms with van der Waals surface area (Å²) in [5.74, 6) is 2.27. The SMILES string of the molecule is CC.CCCCCOc1cc(C(C)=O)ccc1OC.COc1ccc(C)cc1. The van der Waals surface area contributed by atoms with E-state index in [9.17, 15) is 4.79 Å². The van der Waals surface area contributed by atoms with E-state index >= 15 is 0 Å². The molecule has 0 heterocycles. The average Bonchev–Trinajstić information content (AvgIpc) is 2.73. The third-order valence-electron chi connectivity index (χ3n) is 3.83. The number of aryl methyl sites for hydroxylation is 1. The zero-order chi connectivity index (χ0) is 21.4. The average molecular weight is 389 g/mol.